The third kappa shape index (κ3) is 2.73. The number of hydrogen-bond donors (Lipinski definition) is 0. The van der Waals surface area contributed by atoms with Gasteiger partial charge in [0.2, 0.25) is 0 Å². The minimum Gasteiger partial charge on any atom is -0.497 e. The predicted octanol–water partition coefficient (Wildman–Crippen LogP) is 2.75. The molecule has 0 spiro atoms. The molecule has 0 radical (unpaired) electrons. The Balaban J connectivity index is 2.46. The Labute approximate surface area is 131 Å². The van der Waals surface area contributed by atoms with E-state index in [1.54, 1.807) is 6.07 Å². The van der Waals surface area contributed by atoms with E-state index in [1.165, 1.54) is 20.3 Å². The van der Waals surface area contributed by atoms with E-state index in [4.69, 9.17) is 18.8 Å². The fraction of sp³-hybridized carbons (Fsp3) is 0.500. The number of benzene rings is 1. The van der Waals surface area contributed by atoms with Gasteiger partial charge in [-0.3, -0.25) is 0 Å². The Morgan fingerprint density at radius 1 is 1.14 bits per heavy atom. The Morgan fingerprint density at radius 3 is 2.14 bits per heavy atom. The Kier molecular flexibility index (Phi) is 4.28. The monoisotopic (exact) mass is 308 g/mol. The molecule has 2 rings (SSSR count). The number of hydrogen-bond acceptors (Lipinski definition) is 4. The maximum Gasteiger partial charge on any atom is 0.494 e. The summed E-state index contributed by atoms with van der Waals surface area (Å²) in [5, 5.41) is 0. The summed E-state index contributed by atoms with van der Waals surface area (Å²) < 4.78 is 36.4. The summed E-state index contributed by atoms with van der Waals surface area (Å²) in [5.41, 5.74) is 0.0128. The van der Waals surface area contributed by atoms with Crippen molar-refractivity contribution in [1.82, 2.24) is 0 Å². The summed E-state index contributed by atoms with van der Waals surface area (Å²) in [5.74, 6) is -0.107. The quantitative estimate of drug-likeness (QED) is 0.633. The van der Waals surface area contributed by atoms with Crippen molar-refractivity contribution in [3.63, 3.8) is 0 Å². The molecule has 1 aromatic carbocycles. The highest BCUT2D eigenvalue weighted by atomic mass is 19.1. The van der Waals surface area contributed by atoms with Crippen molar-refractivity contribution in [3.8, 4) is 5.75 Å². The maximum atomic E-state index is 14.3. The molecular weight excluding hydrogens is 286 g/mol. The van der Waals surface area contributed by atoms with Gasteiger partial charge in [0.25, 0.3) is 0 Å². The summed E-state index contributed by atoms with van der Waals surface area (Å²) in [7, 11) is 2.22. The van der Waals surface area contributed by atoms with Gasteiger partial charge in [0.15, 0.2) is 11.6 Å². The topological polar surface area (TPSA) is 36.9 Å². The van der Waals surface area contributed by atoms with Crippen LogP contribution in [0.5, 0.6) is 5.75 Å². The van der Waals surface area contributed by atoms with Crippen LogP contribution in [0.1, 0.15) is 33.3 Å². The first-order valence-corrected chi connectivity index (χ1v) is 7.09. The average Bonchev–Trinajstić information content (AvgIpc) is 2.65. The van der Waals surface area contributed by atoms with Gasteiger partial charge in [-0.05, 0) is 45.3 Å². The van der Waals surface area contributed by atoms with Crippen LogP contribution < -0.4 is 10.2 Å². The minimum absolute atomic E-state index is 0.0899. The number of rotatable bonds is 4. The lowest BCUT2D eigenvalue weighted by molar-refractivity contribution is 0.00578. The van der Waals surface area contributed by atoms with Crippen LogP contribution in [0, 0.1) is 5.82 Å². The molecule has 0 aromatic heterocycles. The lowest BCUT2D eigenvalue weighted by Crippen LogP contribution is -2.41. The average molecular weight is 308 g/mol. The Bertz CT molecular complexity index is 582. The van der Waals surface area contributed by atoms with Crippen LogP contribution >= 0.6 is 0 Å². The van der Waals surface area contributed by atoms with E-state index in [1.807, 2.05) is 27.7 Å². The van der Waals surface area contributed by atoms with Gasteiger partial charge in [0.1, 0.15) is 5.76 Å². The minimum atomic E-state index is -0.659. The summed E-state index contributed by atoms with van der Waals surface area (Å²) in [6, 6.07) is 3.07. The van der Waals surface area contributed by atoms with Crippen LogP contribution in [0.3, 0.4) is 0 Å². The van der Waals surface area contributed by atoms with E-state index in [-0.39, 0.29) is 5.75 Å². The number of methoxy groups -OCH3 is 2. The van der Waals surface area contributed by atoms with Crippen LogP contribution in [0.2, 0.25) is 0 Å². The molecular formula is C16H22BFO4. The number of halogens is 1. The molecule has 0 aliphatic carbocycles. The zero-order valence-electron chi connectivity index (χ0n) is 14.0. The molecule has 120 valence electrons. The highest BCUT2D eigenvalue weighted by Gasteiger charge is 2.52. The molecule has 4 nitrogen and oxygen atoms in total. The van der Waals surface area contributed by atoms with Gasteiger partial charge in [-0.15, -0.1) is 0 Å². The summed E-state index contributed by atoms with van der Waals surface area (Å²) >= 11 is 0. The fourth-order valence-electron chi connectivity index (χ4n) is 2.25. The SMILES string of the molecule is C=C(OC)c1cc(B2OC(C)(C)C(C)(C)O2)cc(F)c1OC. The molecule has 22 heavy (non-hydrogen) atoms. The fourth-order valence-corrected chi connectivity index (χ4v) is 2.25. The van der Waals surface area contributed by atoms with E-state index in [0.717, 1.165) is 0 Å². The zero-order valence-corrected chi connectivity index (χ0v) is 14.0. The van der Waals surface area contributed by atoms with Gasteiger partial charge in [0.05, 0.1) is 31.0 Å². The van der Waals surface area contributed by atoms with Gasteiger partial charge in [0, 0.05) is 0 Å². The van der Waals surface area contributed by atoms with E-state index >= 15 is 0 Å². The third-order valence-electron chi connectivity index (χ3n) is 4.34. The van der Waals surface area contributed by atoms with E-state index in [2.05, 4.69) is 6.58 Å². The van der Waals surface area contributed by atoms with Gasteiger partial charge in [-0.25, -0.2) is 4.39 Å². The van der Waals surface area contributed by atoms with Crippen LogP contribution in [0.4, 0.5) is 4.39 Å². The maximum absolute atomic E-state index is 14.3. The first-order chi connectivity index (χ1) is 10.1. The predicted molar refractivity (Wildman–Crippen MR) is 84.7 cm³/mol. The molecule has 0 bridgehead atoms. The molecule has 0 unspecified atom stereocenters. The third-order valence-corrected chi connectivity index (χ3v) is 4.34. The van der Waals surface area contributed by atoms with Crippen molar-refractivity contribution in [3.05, 3.63) is 30.1 Å². The molecule has 0 saturated carbocycles. The smallest absolute Gasteiger partial charge is 0.494 e. The lowest BCUT2D eigenvalue weighted by Gasteiger charge is -2.32. The lowest BCUT2D eigenvalue weighted by atomic mass is 9.78. The van der Waals surface area contributed by atoms with Crippen molar-refractivity contribution in [2.45, 2.75) is 38.9 Å². The molecule has 1 heterocycles. The van der Waals surface area contributed by atoms with Crippen molar-refractivity contribution in [1.29, 1.82) is 0 Å². The highest BCUT2D eigenvalue weighted by molar-refractivity contribution is 6.62. The van der Waals surface area contributed by atoms with Crippen molar-refractivity contribution in [2.75, 3.05) is 14.2 Å². The Hall–Kier alpha value is -1.53. The van der Waals surface area contributed by atoms with Crippen LogP contribution in [0.15, 0.2) is 18.7 Å². The standard InChI is InChI=1S/C16H22BFO4/c1-10(19-6)12-8-11(9-13(18)14(12)20-7)17-21-15(2,3)16(4,5)22-17/h8-9H,1H2,2-7H3. The zero-order chi connectivity index (χ0) is 16.7. The van der Waals surface area contributed by atoms with Crippen molar-refractivity contribution >= 4 is 18.3 Å². The van der Waals surface area contributed by atoms with Gasteiger partial charge >= 0.3 is 7.12 Å². The molecule has 0 N–H and O–H groups in total. The van der Waals surface area contributed by atoms with Crippen LogP contribution in [0.25, 0.3) is 5.76 Å². The summed E-state index contributed by atoms with van der Waals surface area (Å²) in [6.07, 6.45) is 0. The second-order valence-corrected chi connectivity index (χ2v) is 6.30. The normalized spacial score (nSPS) is 19.1. The van der Waals surface area contributed by atoms with Gasteiger partial charge < -0.3 is 18.8 Å². The second kappa shape index (κ2) is 5.59. The first-order valence-electron chi connectivity index (χ1n) is 7.09. The molecule has 0 amide bonds. The largest absolute Gasteiger partial charge is 0.497 e. The highest BCUT2D eigenvalue weighted by Crippen LogP contribution is 2.37. The Morgan fingerprint density at radius 2 is 1.68 bits per heavy atom. The molecule has 1 aromatic rings. The molecule has 1 aliphatic heterocycles. The number of ether oxygens (including phenoxy) is 2. The van der Waals surface area contributed by atoms with Gasteiger partial charge in [-0.2, -0.15) is 0 Å². The first kappa shape index (κ1) is 16.8. The van der Waals surface area contributed by atoms with Gasteiger partial charge in [-0.1, -0.05) is 6.58 Å². The second-order valence-electron chi connectivity index (χ2n) is 6.30. The van der Waals surface area contributed by atoms with E-state index in [9.17, 15) is 4.39 Å². The van der Waals surface area contributed by atoms with Crippen LogP contribution in [-0.2, 0) is 14.0 Å². The summed E-state index contributed by atoms with van der Waals surface area (Å²) in [6.45, 7) is 11.6. The van der Waals surface area contributed by atoms with E-state index in [0.29, 0.717) is 16.8 Å². The molecule has 6 heteroatoms. The molecule has 1 fully saturated rings. The summed E-state index contributed by atoms with van der Waals surface area (Å²) in [4.78, 5) is 0. The van der Waals surface area contributed by atoms with Crippen LogP contribution in [-0.4, -0.2) is 32.5 Å². The molecule has 1 aliphatic rings. The van der Waals surface area contributed by atoms with E-state index < -0.39 is 24.1 Å². The van der Waals surface area contributed by atoms with Crippen molar-refractivity contribution < 1.29 is 23.2 Å². The molecule has 0 atom stereocenters. The molecule has 1 saturated heterocycles. The van der Waals surface area contributed by atoms with Crippen molar-refractivity contribution in [2.24, 2.45) is 0 Å².